The van der Waals surface area contributed by atoms with Crippen molar-refractivity contribution in [3.05, 3.63) is 35.2 Å². The fourth-order valence-corrected chi connectivity index (χ4v) is 5.04. The van der Waals surface area contributed by atoms with Crippen LogP contribution in [0, 0.1) is 6.92 Å². The second kappa shape index (κ2) is 9.58. The number of aliphatic hydroxyl groups is 1. The molecule has 0 aliphatic carbocycles. The molecule has 0 spiro atoms. The average Bonchev–Trinajstić information content (AvgIpc) is 3.08. The van der Waals surface area contributed by atoms with Crippen LogP contribution in [0.1, 0.15) is 57.0 Å². The Hall–Kier alpha value is -2.45. The second-order valence-electron chi connectivity index (χ2n) is 8.03. The Kier molecular flexibility index (Phi) is 7.25. The van der Waals surface area contributed by atoms with Crippen LogP contribution in [-0.2, 0) is 22.7 Å². The van der Waals surface area contributed by atoms with E-state index in [-0.39, 0.29) is 17.5 Å². The molecule has 0 saturated carbocycles. The molecule has 0 aromatic carbocycles. The van der Waals surface area contributed by atoms with E-state index in [0.717, 1.165) is 28.6 Å². The van der Waals surface area contributed by atoms with Crippen molar-refractivity contribution in [3.63, 3.8) is 0 Å². The molecule has 0 bridgehead atoms. The lowest BCUT2D eigenvalue weighted by atomic mass is 10.0. The van der Waals surface area contributed by atoms with Gasteiger partial charge >= 0.3 is 0 Å². The standard InChI is InChI=1S/C24H33N3O4S/c1-7-16-11-20-22(15(5)13-27(20)17(8-2)14-28)26-23(16)18-12-21(32(6,29)30)19(9-3)25-24(18)31-10-4/h11-13,17,28H,7-10,14H2,1-6H3. The van der Waals surface area contributed by atoms with Crippen molar-refractivity contribution in [2.75, 3.05) is 19.5 Å². The van der Waals surface area contributed by atoms with Gasteiger partial charge in [-0.15, -0.1) is 0 Å². The summed E-state index contributed by atoms with van der Waals surface area (Å²) in [7, 11) is -3.47. The fraction of sp³-hybridized carbons (Fsp3) is 0.500. The van der Waals surface area contributed by atoms with Crippen LogP contribution in [0.15, 0.2) is 23.2 Å². The summed E-state index contributed by atoms with van der Waals surface area (Å²) in [6.45, 7) is 10.3. The normalized spacial score (nSPS) is 13.0. The second-order valence-corrected chi connectivity index (χ2v) is 10.0. The molecule has 3 heterocycles. The molecule has 7 nitrogen and oxygen atoms in total. The summed E-state index contributed by atoms with van der Waals surface area (Å²) >= 11 is 0. The minimum Gasteiger partial charge on any atom is -0.477 e. The highest BCUT2D eigenvalue weighted by Gasteiger charge is 2.23. The minimum absolute atomic E-state index is 0.0233. The maximum absolute atomic E-state index is 12.5. The van der Waals surface area contributed by atoms with Crippen molar-refractivity contribution in [3.8, 4) is 17.1 Å². The van der Waals surface area contributed by atoms with Gasteiger partial charge < -0.3 is 14.4 Å². The Morgan fingerprint density at radius 1 is 1.12 bits per heavy atom. The van der Waals surface area contributed by atoms with Crippen LogP contribution in [-0.4, -0.2) is 47.5 Å². The largest absolute Gasteiger partial charge is 0.477 e. The lowest BCUT2D eigenvalue weighted by molar-refractivity contribution is 0.227. The Balaban J connectivity index is 2.37. The third-order valence-electron chi connectivity index (χ3n) is 5.82. The molecular formula is C24H33N3O4S. The number of sulfone groups is 1. The number of ether oxygens (including phenoxy) is 1. The number of nitrogens with zero attached hydrogens (tertiary/aromatic N) is 3. The van der Waals surface area contributed by atoms with Gasteiger partial charge in [0.05, 0.1) is 52.1 Å². The topological polar surface area (TPSA) is 94.3 Å². The summed E-state index contributed by atoms with van der Waals surface area (Å²) in [5.41, 5.74) is 5.52. The van der Waals surface area contributed by atoms with E-state index < -0.39 is 9.84 Å². The van der Waals surface area contributed by atoms with E-state index in [0.29, 0.717) is 42.3 Å². The van der Waals surface area contributed by atoms with E-state index in [2.05, 4.69) is 15.6 Å². The molecule has 1 unspecified atom stereocenters. The summed E-state index contributed by atoms with van der Waals surface area (Å²) in [5, 5.41) is 9.84. The molecule has 0 aliphatic rings. The molecule has 0 saturated heterocycles. The van der Waals surface area contributed by atoms with Gasteiger partial charge in [0.15, 0.2) is 9.84 Å². The lowest BCUT2D eigenvalue weighted by Gasteiger charge is -2.18. The zero-order valence-electron chi connectivity index (χ0n) is 19.8. The van der Waals surface area contributed by atoms with Crippen molar-refractivity contribution in [1.82, 2.24) is 14.5 Å². The number of hydrogen-bond donors (Lipinski definition) is 1. The van der Waals surface area contributed by atoms with Crippen LogP contribution in [0.3, 0.4) is 0 Å². The van der Waals surface area contributed by atoms with Crippen molar-refractivity contribution in [2.24, 2.45) is 0 Å². The minimum atomic E-state index is -3.47. The van der Waals surface area contributed by atoms with Crippen LogP contribution in [0.2, 0.25) is 0 Å². The molecule has 1 atom stereocenters. The van der Waals surface area contributed by atoms with Crippen LogP contribution < -0.4 is 4.74 Å². The zero-order chi connectivity index (χ0) is 23.6. The summed E-state index contributed by atoms with van der Waals surface area (Å²) in [5.74, 6) is 0.400. The number of aryl methyl sites for hydroxylation is 3. The van der Waals surface area contributed by atoms with Gasteiger partial charge in [0.2, 0.25) is 5.88 Å². The predicted molar refractivity (Wildman–Crippen MR) is 127 cm³/mol. The third kappa shape index (κ3) is 4.38. The van der Waals surface area contributed by atoms with Gasteiger partial charge in [0, 0.05) is 12.5 Å². The van der Waals surface area contributed by atoms with Crippen LogP contribution in [0.4, 0.5) is 0 Å². The Morgan fingerprint density at radius 3 is 2.38 bits per heavy atom. The molecule has 0 amide bonds. The molecule has 1 N–H and O–H groups in total. The van der Waals surface area contributed by atoms with E-state index in [4.69, 9.17) is 9.72 Å². The molecule has 0 fully saturated rings. The molecule has 3 aromatic rings. The van der Waals surface area contributed by atoms with Gasteiger partial charge in [-0.2, -0.15) is 0 Å². The summed E-state index contributed by atoms with van der Waals surface area (Å²) in [6.07, 6.45) is 5.21. The molecule has 0 radical (unpaired) electrons. The fourth-order valence-electron chi connectivity index (χ4n) is 4.09. The van der Waals surface area contributed by atoms with E-state index in [1.54, 1.807) is 6.07 Å². The number of aliphatic hydroxyl groups excluding tert-OH is 1. The Labute approximate surface area is 190 Å². The molecule has 8 heteroatoms. The molecule has 3 rings (SSSR count). The monoisotopic (exact) mass is 459 g/mol. The van der Waals surface area contributed by atoms with Crippen LogP contribution in [0.25, 0.3) is 22.3 Å². The molecule has 0 aliphatic heterocycles. The van der Waals surface area contributed by atoms with Gasteiger partial charge in [-0.1, -0.05) is 20.8 Å². The first-order valence-electron chi connectivity index (χ1n) is 11.2. The van der Waals surface area contributed by atoms with E-state index in [9.17, 15) is 13.5 Å². The first-order chi connectivity index (χ1) is 15.2. The van der Waals surface area contributed by atoms with Crippen LogP contribution >= 0.6 is 0 Å². The van der Waals surface area contributed by atoms with Gasteiger partial charge in [-0.05, 0) is 56.4 Å². The molecule has 3 aromatic heterocycles. The quantitative estimate of drug-likeness (QED) is 0.513. The van der Waals surface area contributed by atoms with E-state index in [1.807, 2.05) is 40.8 Å². The number of fused-ring (bicyclic) bond motifs is 1. The average molecular weight is 460 g/mol. The smallest absolute Gasteiger partial charge is 0.223 e. The summed E-state index contributed by atoms with van der Waals surface area (Å²) in [4.78, 5) is 9.78. The van der Waals surface area contributed by atoms with Crippen molar-refractivity contribution in [1.29, 1.82) is 0 Å². The number of pyridine rings is 2. The maximum atomic E-state index is 12.5. The first-order valence-corrected chi connectivity index (χ1v) is 13.1. The van der Waals surface area contributed by atoms with Gasteiger partial charge in [-0.25, -0.2) is 18.4 Å². The van der Waals surface area contributed by atoms with Crippen molar-refractivity contribution >= 4 is 20.9 Å². The highest BCUT2D eigenvalue weighted by Crippen LogP contribution is 2.36. The maximum Gasteiger partial charge on any atom is 0.223 e. The molecule has 174 valence electrons. The first kappa shape index (κ1) is 24.2. The summed E-state index contributed by atoms with van der Waals surface area (Å²) < 4.78 is 32.9. The number of hydrogen-bond acceptors (Lipinski definition) is 6. The van der Waals surface area contributed by atoms with E-state index in [1.165, 1.54) is 6.26 Å². The van der Waals surface area contributed by atoms with Gasteiger partial charge in [-0.3, -0.25) is 0 Å². The highest BCUT2D eigenvalue weighted by atomic mass is 32.2. The summed E-state index contributed by atoms with van der Waals surface area (Å²) in [6, 6.07) is 3.73. The Bertz CT molecular complexity index is 1230. The Morgan fingerprint density at radius 2 is 1.84 bits per heavy atom. The SMILES string of the molecule is CCOc1nc(CC)c(S(C)(=O)=O)cc1-c1nc2c(C)cn(C(CC)CO)c2cc1CC. The van der Waals surface area contributed by atoms with Crippen molar-refractivity contribution in [2.45, 2.75) is 64.8 Å². The third-order valence-corrected chi connectivity index (χ3v) is 6.97. The number of rotatable bonds is 9. The van der Waals surface area contributed by atoms with Gasteiger partial charge in [0.25, 0.3) is 0 Å². The lowest BCUT2D eigenvalue weighted by Crippen LogP contribution is -2.11. The highest BCUT2D eigenvalue weighted by molar-refractivity contribution is 7.90. The van der Waals surface area contributed by atoms with Crippen molar-refractivity contribution < 1.29 is 18.3 Å². The molecular weight excluding hydrogens is 426 g/mol. The van der Waals surface area contributed by atoms with Gasteiger partial charge in [0.1, 0.15) is 0 Å². The van der Waals surface area contributed by atoms with E-state index >= 15 is 0 Å². The van der Waals surface area contributed by atoms with Crippen LogP contribution in [0.5, 0.6) is 5.88 Å². The predicted octanol–water partition coefficient (Wildman–Crippen LogP) is 4.28. The number of aromatic nitrogens is 3. The zero-order valence-corrected chi connectivity index (χ0v) is 20.6. The molecule has 32 heavy (non-hydrogen) atoms.